The number of aliphatic hydroxyl groups excluding tert-OH is 1. The molecule has 116 valence electrons. The number of aryl methyl sites for hydroxylation is 1. The molecule has 0 amide bonds. The first kappa shape index (κ1) is 14.9. The highest BCUT2D eigenvalue weighted by molar-refractivity contribution is 5.42. The van der Waals surface area contributed by atoms with Crippen LogP contribution in [0.4, 0.5) is 0 Å². The van der Waals surface area contributed by atoms with Gasteiger partial charge < -0.3 is 9.84 Å². The van der Waals surface area contributed by atoms with Gasteiger partial charge >= 0.3 is 0 Å². The Morgan fingerprint density at radius 3 is 2.76 bits per heavy atom. The SMILES string of the molecule is Cc1ccc2c(c1)C(O)C(N1CCCCC1C)C(C)(C)O2. The van der Waals surface area contributed by atoms with Crippen LogP contribution in [0.15, 0.2) is 18.2 Å². The quantitative estimate of drug-likeness (QED) is 0.859. The van der Waals surface area contributed by atoms with E-state index in [4.69, 9.17) is 4.74 Å². The molecular formula is C18H27NO2. The van der Waals surface area contributed by atoms with E-state index < -0.39 is 6.10 Å². The molecule has 0 saturated carbocycles. The fourth-order valence-electron chi connectivity index (χ4n) is 4.00. The highest BCUT2D eigenvalue weighted by Crippen LogP contribution is 2.43. The maximum Gasteiger partial charge on any atom is 0.126 e. The van der Waals surface area contributed by atoms with Crippen LogP contribution in [0.1, 0.15) is 57.3 Å². The van der Waals surface area contributed by atoms with E-state index in [0.29, 0.717) is 6.04 Å². The number of likely N-dealkylation sites (tertiary alicyclic amines) is 1. The van der Waals surface area contributed by atoms with Crippen LogP contribution in [-0.2, 0) is 0 Å². The molecule has 0 radical (unpaired) electrons. The van der Waals surface area contributed by atoms with Gasteiger partial charge in [-0.15, -0.1) is 0 Å². The molecule has 1 N–H and O–H groups in total. The van der Waals surface area contributed by atoms with Crippen molar-refractivity contribution in [2.24, 2.45) is 0 Å². The molecule has 0 aromatic heterocycles. The van der Waals surface area contributed by atoms with E-state index in [1.165, 1.54) is 24.8 Å². The van der Waals surface area contributed by atoms with Crippen LogP contribution >= 0.6 is 0 Å². The second kappa shape index (κ2) is 5.29. The first-order chi connectivity index (χ1) is 9.90. The van der Waals surface area contributed by atoms with E-state index >= 15 is 0 Å². The number of nitrogens with zero attached hydrogens (tertiary/aromatic N) is 1. The lowest BCUT2D eigenvalue weighted by atomic mass is 9.82. The van der Waals surface area contributed by atoms with Crippen LogP contribution in [0.3, 0.4) is 0 Å². The molecule has 3 rings (SSSR count). The van der Waals surface area contributed by atoms with Crippen LogP contribution in [0.2, 0.25) is 0 Å². The van der Waals surface area contributed by atoms with Crippen LogP contribution < -0.4 is 4.74 Å². The highest BCUT2D eigenvalue weighted by Gasteiger charge is 2.47. The zero-order valence-corrected chi connectivity index (χ0v) is 13.6. The van der Waals surface area contributed by atoms with Crippen molar-refractivity contribution >= 4 is 0 Å². The monoisotopic (exact) mass is 289 g/mol. The van der Waals surface area contributed by atoms with Crippen molar-refractivity contribution < 1.29 is 9.84 Å². The molecule has 2 aliphatic rings. The summed E-state index contributed by atoms with van der Waals surface area (Å²) >= 11 is 0. The van der Waals surface area contributed by atoms with E-state index in [2.05, 4.69) is 38.7 Å². The zero-order chi connectivity index (χ0) is 15.2. The van der Waals surface area contributed by atoms with Gasteiger partial charge in [-0.05, 0) is 59.2 Å². The van der Waals surface area contributed by atoms with Crippen molar-refractivity contribution in [2.45, 2.75) is 70.7 Å². The molecule has 3 heteroatoms. The Hall–Kier alpha value is -1.06. The molecule has 0 aliphatic carbocycles. The minimum absolute atomic E-state index is 0.0158. The summed E-state index contributed by atoms with van der Waals surface area (Å²) in [6.45, 7) is 9.59. The Balaban J connectivity index is 1.99. The van der Waals surface area contributed by atoms with E-state index in [0.717, 1.165) is 17.9 Å². The number of aliphatic hydroxyl groups is 1. The predicted octanol–water partition coefficient (Wildman–Crippen LogP) is 3.44. The third-order valence-corrected chi connectivity index (χ3v) is 5.08. The van der Waals surface area contributed by atoms with Crippen molar-refractivity contribution in [3.05, 3.63) is 29.3 Å². The molecule has 1 fully saturated rings. The van der Waals surface area contributed by atoms with Crippen molar-refractivity contribution in [1.82, 2.24) is 4.90 Å². The first-order valence-corrected chi connectivity index (χ1v) is 8.13. The Morgan fingerprint density at radius 2 is 2.05 bits per heavy atom. The number of fused-ring (bicyclic) bond motifs is 1. The van der Waals surface area contributed by atoms with Crippen LogP contribution in [-0.4, -0.2) is 34.2 Å². The Labute approximate surface area is 127 Å². The summed E-state index contributed by atoms with van der Waals surface area (Å²) in [4.78, 5) is 2.46. The maximum atomic E-state index is 11.0. The smallest absolute Gasteiger partial charge is 0.126 e. The third-order valence-electron chi connectivity index (χ3n) is 5.08. The molecule has 3 atom stereocenters. The van der Waals surface area contributed by atoms with Gasteiger partial charge in [-0.2, -0.15) is 0 Å². The second-order valence-electron chi connectivity index (χ2n) is 7.22. The van der Waals surface area contributed by atoms with Gasteiger partial charge in [0.25, 0.3) is 0 Å². The lowest BCUT2D eigenvalue weighted by Gasteiger charge is -2.51. The maximum absolute atomic E-state index is 11.0. The van der Waals surface area contributed by atoms with Crippen LogP contribution in [0, 0.1) is 6.92 Å². The fourth-order valence-corrected chi connectivity index (χ4v) is 4.00. The van der Waals surface area contributed by atoms with Gasteiger partial charge in [-0.25, -0.2) is 0 Å². The first-order valence-electron chi connectivity index (χ1n) is 8.13. The molecule has 2 aliphatic heterocycles. The zero-order valence-electron chi connectivity index (χ0n) is 13.6. The highest BCUT2D eigenvalue weighted by atomic mass is 16.5. The fraction of sp³-hybridized carbons (Fsp3) is 0.667. The third kappa shape index (κ3) is 2.58. The minimum atomic E-state index is -0.482. The molecule has 1 aromatic rings. The Kier molecular flexibility index (Phi) is 3.74. The normalized spacial score (nSPS) is 32.3. The summed E-state index contributed by atoms with van der Waals surface area (Å²) in [5, 5.41) is 11.0. The average Bonchev–Trinajstić information content (AvgIpc) is 2.41. The van der Waals surface area contributed by atoms with Gasteiger partial charge in [0.15, 0.2) is 0 Å². The number of hydrogen-bond acceptors (Lipinski definition) is 3. The molecular weight excluding hydrogens is 262 g/mol. The second-order valence-corrected chi connectivity index (χ2v) is 7.22. The number of rotatable bonds is 1. The number of benzene rings is 1. The van der Waals surface area contributed by atoms with Gasteiger partial charge in [0.1, 0.15) is 17.5 Å². The van der Waals surface area contributed by atoms with Crippen molar-refractivity contribution in [3.63, 3.8) is 0 Å². The summed E-state index contributed by atoms with van der Waals surface area (Å²) in [7, 11) is 0. The van der Waals surface area contributed by atoms with Gasteiger partial charge in [-0.3, -0.25) is 4.90 Å². The molecule has 3 unspecified atom stereocenters. The van der Waals surface area contributed by atoms with E-state index in [1.807, 2.05) is 12.1 Å². The number of ether oxygens (including phenoxy) is 1. The van der Waals surface area contributed by atoms with Gasteiger partial charge in [0, 0.05) is 11.6 Å². The topological polar surface area (TPSA) is 32.7 Å². The number of hydrogen-bond donors (Lipinski definition) is 1. The molecule has 0 spiro atoms. The summed E-state index contributed by atoms with van der Waals surface area (Å²) < 4.78 is 6.26. The summed E-state index contributed by atoms with van der Waals surface area (Å²) in [6, 6.07) is 6.63. The Morgan fingerprint density at radius 1 is 1.29 bits per heavy atom. The summed E-state index contributed by atoms with van der Waals surface area (Å²) in [6.07, 6.45) is 3.23. The van der Waals surface area contributed by atoms with Crippen molar-refractivity contribution in [1.29, 1.82) is 0 Å². The van der Waals surface area contributed by atoms with Gasteiger partial charge in [0.2, 0.25) is 0 Å². The predicted molar refractivity (Wildman–Crippen MR) is 84.7 cm³/mol. The van der Waals surface area contributed by atoms with Crippen molar-refractivity contribution in [3.8, 4) is 5.75 Å². The Bertz CT molecular complexity index is 526. The summed E-state index contributed by atoms with van der Waals surface area (Å²) in [5.41, 5.74) is 1.73. The van der Waals surface area contributed by atoms with Crippen LogP contribution in [0.25, 0.3) is 0 Å². The van der Waals surface area contributed by atoms with E-state index in [1.54, 1.807) is 0 Å². The average molecular weight is 289 g/mol. The molecule has 1 aromatic carbocycles. The minimum Gasteiger partial charge on any atom is -0.486 e. The largest absolute Gasteiger partial charge is 0.486 e. The van der Waals surface area contributed by atoms with Crippen LogP contribution in [0.5, 0.6) is 5.75 Å². The number of piperidine rings is 1. The molecule has 2 heterocycles. The molecule has 3 nitrogen and oxygen atoms in total. The van der Waals surface area contributed by atoms with E-state index in [9.17, 15) is 5.11 Å². The van der Waals surface area contributed by atoms with Gasteiger partial charge in [0.05, 0.1) is 6.04 Å². The standard InChI is InChI=1S/C18H27NO2/c1-12-8-9-15-14(11-12)16(20)17(18(3,4)21-15)19-10-6-5-7-13(19)2/h8-9,11,13,16-17,20H,5-7,10H2,1-4H3. The van der Waals surface area contributed by atoms with Gasteiger partial charge in [-0.1, -0.05) is 18.1 Å². The van der Waals surface area contributed by atoms with E-state index in [-0.39, 0.29) is 11.6 Å². The summed E-state index contributed by atoms with van der Waals surface area (Å²) in [5.74, 6) is 0.832. The molecule has 1 saturated heterocycles. The lowest BCUT2D eigenvalue weighted by molar-refractivity contribution is -0.101. The molecule has 0 bridgehead atoms. The molecule has 21 heavy (non-hydrogen) atoms. The van der Waals surface area contributed by atoms with Crippen molar-refractivity contribution in [2.75, 3.05) is 6.54 Å². The lowest BCUT2D eigenvalue weighted by Crippen LogP contribution is -2.61.